The van der Waals surface area contributed by atoms with E-state index in [-0.39, 0.29) is 0 Å². The van der Waals surface area contributed by atoms with Crippen LogP contribution in [0.3, 0.4) is 0 Å². The highest BCUT2D eigenvalue weighted by atomic mass is 32.1. The summed E-state index contributed by atoms with van der Waals surface area (Å²) in [5.74, 6) is 2.67. The van der Waals surface area contributed by atoms with Crippen LogP contribution in [-0.4, -0.2) is 24.9 Å². The van der Waals surface area contributed by atoms with Crippen molar-refractivity contribution in [2.45, 2.75) is 0 Å². The number of benzene rings is 7. The second-order valence-electron chi connectivity index (χ2n) is 14.0. The summed E-state index contributed by atoms with van der Waals surface area (Å²) >= 11 is 5.31. The van der Waals surface area contributed by atoms with E-state index in [4.69, 9.17) is 24.9 Å². The van der Waals surface area contributed by atoms with Crippen molar-refractivity contribution in [2.24, 2.45) is 0 Å². The third kappa shape index (κ3) is 5.37. The van der Waals surface area contributed by atoms with Gasteiger partial charge in [-0.3, -0.25) is 0 Å². The number of hydrogen-bond donors (Lipinski definition) is 0. The molecular formula is C49H27N5S3. The van der Waals surface area contributed by atoms with E-state index in [2.05, 4.69) is 140 Å². The van der Waals surface area contributed by atoms with E-state index in [9.17, 15) is 0 Å². The van der Waals surface area contributed by atoms with E-state index >= 15 is 0 Å². The summed E-state index contributed by atoms with van der Waals surface area (Å²) in [5, 5.41) is 6.03. The lowest BCUT2D eigenvalue weighted by Crippen LogP contribution is -2.00. The lowest BCUT2D eigenvalue weighted by atomic mass is 10.1. The molecule has 5 nitrogen and oxygen atoms in total. The fourth-order valence-corrected chi connectivity index (χ4v) is 11.4. The molecule has 0 spiro atoms. The first-order chi connectivity index (χ1) is 28.2. The summed E-state index contributed by atoms with van der Waals surface area (Å²) in [6.45, 7) is 0. The summed E-state index contributed by atoms with van der Waals surface area (Å²) in [7, 11) is 0. The average Bonchev–Trinajstić information content (AvgIpc) is 3.97. The highest BCUT2D eigenvalue weighted by molar-refractivity contribution is 7.27. The Morgan fingerprint density at radius 1 is 0.298 bits per heavy atom. The predicted molar refractivity (Wildman–Crippen MR) is 241 cm³/mol. The Morgan fingerprint density at radius 3 is 1.54 bits per heavy atom. The lowest BCUT2D eigenvalue weighted by molar-refractivity contribution is 1.08. The maximum absolute atomic E-state index is 5.31. The van der Waals surface area contributed by atoms with E-state index in [0.717, 1.165) is 64.3 Å². The van der Waals surface area contributed by atoms with Crippen LogP contribution in [0.15, 0.2) is 164 Å². The second kappa shape index (κ2) is 12.9. The van der Waals surface area contributed by atoms with Crippen molar-refractivity contribution in [3.05, 3.63) is 164 Å². The number of hydrogen-bond acceptors (Lipinski definition) is 8. The monoisotopic (exact) mass is 781 g/mol. The molecule has 7 aromatic carbocycles. The van der Waals surface area contributed by atoms with Gasteiger partial charge in [0, 0.05) is 78.2 Å². The van der Waals surface area contributed by atoms with E-state index in [1.165, 1.54) is 35.6 Å². The zero-order valence-corrected chi connectivity index (χ0v) is 32.5. The largest absolute Gasteiger partial charge is 0.226 e. The minimum Gasteiger partial charge on any atom is -0.226 e. The molecule has 12 rings (SSSR count). The van der Waals surface area contributed by atoms with Gasteiger partial charge >= 0.3 is 0 Å². The maximum Gasteiger partial charge on any atom is 0.164 e. The zero-order chi connectivity index (χ0) is 37.5. The summed E-state index contributed by atoms with van der Waals surface area (Å²) in [4.78, 5) is 25.9. The van der Waals surface area contributed by atoms with Gasteiger partial charge in [0.05, 0.1) is 15.9 Å². The van der Waals surface area contributed by atoms with Crippen LogP contribution in [0.2, 0.25) is 0 Å². The molecule has 0 fully saturated rings. The Kier molecular flexibility index (Phi) is 7.38. The van der Waals surface area contributed by atoms with Gasteiger partial charge < -0.3 is 0 Å². The zero-order valence-electron chi connectivity index (χ0n) is 30.0. The van der Waals surface area contributed by atoms with E-state index in [0.29, 0.717) is 17.5 Å². The maximum atomic E-state index is 5.31. The SMILES string of the molecule is c1ccc(-c2nc(-c3ccc4c(c3)sc3ccccc34)nc(-c3ccc4c(c3)sc3c(-c5nc(-c6ccccc6)c6sc7ccccc7c6n5)cccc34)n2)cc1. The third-order valence-electron chi connectivity index (χ3n) is 10.6. The molecule has 0 saturated heterocycles. The van der Waals surface area contributed by atoms with Crippen molar-refractivity contribution in [1.29, 1.82) is 0 Å². The summed E-state index contributed by atoms with van der Waals surface area (Å²) < 4.78 is 7.10. The molecule has 57 heavy (non-hydrogen) atoms. The number of fused-ring (bicyclic) bond motifs is 9. The molecule has 0 atom stereocenters. The van der Waals surface area contributed by atoms with Gasteiger partial charge in [-0.2, -0.15) is 0 Å². The van der Waals surface area contributed by atoms with Crippen molar-refractivity contribution in [2.75, 3.05) is 0 Å². The Morgan fingerprint density at radius 2 is 0.825 bits per heavy atom. The van der Waals surface area contributed by atoms with Gasteiger partial charge in [0.2, 0.25) is 0 Å². The normalized spacial score (nSPS) is 11.9. The number of thiophene rings is 3. The van der Waals surface area contributed by atoms with Gasteiger partial charge in [-0.25, -0.2) is 24.9 Å². The van der Waals surface area contributed by atoms with Crippen LogP contribution in [-0.2, 0) is 0 Å². The molecule has 0 saturated carbocycles. The Balaban J connectivity index is 1.02. The second-order valence-corrected chi connectivity index (χ2v) is 17.2. The number of nitrogens with zero attached hydrogens (tertiary/aromatic N) is 5. The van der Waals surface area contributed by atoms with Crippen LogP contribution < -0.4 is 0 Å². The highest BCUT2D eigenvalue weighted by Crippen LogP contribution is 2.44. The smallest absolute Gasteiger partial charge is 0.164 e. The first kappa shape index (κ1) is 32.5. The van der Waals surface area contributed by atoms with Crippen LogP contribution in [0.4, 0.5) is 0 Å². The van der Waals surface area contributed by atoms with Gasteiger partial charge in [-0.1, -0.05) is 133 Å². The van der Waals surface area contributed by atoms with Crippen LogP contribution >= 0.6 is 34.0 Å². The van der Waals surface area contributed by atoms with Crippen molar-refractivity contribution in [3.63, 3.8) is 0 Å². The molecular weight excluding hydrogens is 755 g/mol. The number of rotatable bonds is 5. The molecule has 0 radical (unpaired) electrons. The van der Waals surface area contributed by atoms with Crippen molar-refractivity contribution in [1.82, 2.24) is 24.9 Å². The van der Waals surface area contributed by atoms with Gasteiger partial charge in [0.25, 0.3) is 0 Å². The predicted octanol–water partition coefficient (Wildman–Crippen LogP) is 14.1. The van der Waals surface area contributed by atoms with Crippen molar-refractivity contribution < 1.29 is 0 Å². The van der Waals surface area contributed by atoms with Gasteiger partial charge in [0.1, 0.15) is 0 Å². The minimum absolute atomic E-state index is 0.639. The van der Waals surface area contributed by atoms with E-state index in [1.54, 1.807) is 34.0 Å². The van der Waals surface area contributed by atoms with Gasteiger partial charge in [-0.05, 0) is 30.3 Å². The summed E-state index contributed by atoms with van der Waals surface area (Å²) in [6.07, 6.45) is 0. The Bertz CT molecular complexity index is 3530. The fourth-order valence-electron chi connectivity index (χ4n) is 7.83. The topological polar surface area (TPSA) is 64.5 Å². The minimum atomic E-state index is 0.639. The molecule has 0 aliphatic carbocycles. The first-order valence-electron chi connectivity index (χ1n) is 18.7. The lowest BCUT2D eigenvalue weighted by Gasteiger charge is -2.09. The van der Waals surface area contributed by atoms with E-state index in [1.807, 2.05) is 24.3 Å². The molecule has 5 aromatic heterocycles. The molecule has 0 bridgehead atoms. The molecule has 0 unspecified atom stereocenters. The summed E-state index contributed by atoms with van der Waals surface area (Å²) in [5.41, 5.74) is 6.91. The molecule has 0 aliphatic heterocycles. The van der Waals surface area contributed by atoms with Gasteiger partial charge in [0.15, 0.2) is 23.3 Å². The average molecular weight is 782 g/mol. The standard InChI is InChI=1S/C49H27N5S3/c1-3-12-28(13-4-1)42-45-43(36-17-8-10-21-39(36)56-45)51-49(50-42)37-19-11-18-35-34-25-23-31(27-41(34)57-44(35)37)48-53-46(29-14-5-2-6-15-29)52-47(54-48)30-22-24-33-32-16-7-9-20-38(32)55-40(33)26-30/h1-27H. The molecule has 5 heterocycles. The van der Waals surface area contributed by atoms with Crippen LogP contribution in [0.1, 0.15) is 0 Å². The van der Waals surface area contributed by atoms with E-state index < -0.39 is 0 Å². The molecule has 8 heteroatoms. The quantitative estimate of drug-likeness (QED) is 0.174. The van der Waals surface area contributed by atoms with Crippen LogP contribution in [0, 0.1) is 0 Å². The van der Waals surface area contributed by atoms with Crippen molar-refractivity contribution >= 4 is 94.7 Å². The third-order valence-corrected chi connectivity index (χ3v) is 14.1. The molecule has 266 valence electrons. The molecule has 12 aromatic rings. The van der Waals surface area contributed by atoms with Crippen molar-refractivity contribution in [3.8, 4) is 56.8 Å². The van der Waals surface area contributed by atoms with Gasteiger partial charge in [-0.15, -0.1) is 34.0 Å². The molecule has 0 N–H and O–H groups in total. The molecule has 0 amide bonds. The van der Waals surface area contributed by atoms with Crippen LogP contribution in [0.25, 0.3) is 117 Å². The molecule has 0 aliphatic rings. The fraction of sp³-hybridized carbons (Fsp3) is 0. The number of aromatic nitrogens is 5. The Hall–Kier alpha value is -6.71. The van der Waals surface area contributed by atoms with Crippen LogP contribution in [0.5, 0.6) is 0 Å². The Labute approximate surface area is 338 Å². The highest BCUT2D eigenvalue weighted by Gasteiger charge is 2.20. The first-order valence-corrected chi connectivity index (χ1v) is 21.1. The summed E-state index contributed by atoms with van der Waals surface area (Å²) in [6, 6.07) is 57.3.